The zero-order valence-corrected chi connectivity index (χ0v) is 15.8. The third-order valence-corrected chi connectivity index (χ3v) is 1.41. The van der Waals surface area contributed by atoms with Crippen molar-refractivity contribution in [3.63, 3.8) is 0 Å². The van der Waals surface area contributed by atoms with E-state index in [4.69, 9.17) is 0 Å². The van der Waals surface area contributed by atoms with Gasteiger partial charge in [-0.25, -0.2) is 0 Å². The summed E-state index contributed by atoms with van der Waals surface area (Å²) in [7, 11) is 7.72. The van der Waals surface area contributed by atoms with Gasteiger partial charge in [0.25, 0.3) is 0 Å². The Bertz CT molecular complexity index is 42.5. The number of hydrogen-bond donors (Lipinski definition) is 4. The molecule has 0 saturated carbocycles. The quantitative estimate of drug-likeness (QED) is 0.620. The molecule has 0 unspecified atom stereocenters. The smallest absolute Gasteiger partial charge is 0 e. The van der Waals surface area contributed by atoms with Crippen molar-refractivity contribution in [3.05, 3.63) is 0 Å². The summed E-state index contributed by atoms with van der Waals surface area (Å²) in [5.74, 6) is 0. The maximum Gasteiger partial charge on any atom is 0 e. The van der Waals surface area contributed by atoms with E-state index in [0.717, 1.165) is 26.2 Å². The molecule has 0 atom stereocenters. The summed E-state index contributed by atoms with van der Waals surface area (Å²) >= 11 is 0. The second kappa shape index (κ2) is 54.3. The Balaban J connectivity index is -0.0000000369. The van der Waals surface area contributed by atoms with E-state index in [1.165, 1.54) is 0 Å². The molecule has 0 aromatic carbocycles. The molecule has 0 rings (SSSR count). The summed E-state index contributed by atoms with van der Waals surface area (Å²) in [6.45, 7) is 12.6. The van der Waals surface area contributed by atoms with Crippen molar-refractivity contribution in [1.82, 2.24) is 21.3 Å². The minimum absolute atomic E-state index is 0. The fraction of sp³-hybridized carbons (Fsp3) is 1.00. The van der Waals surface area contributed by atoms with E-state index in [0.29, 0.717) is 0 Å². The van der Waals surface area contributed by atoms with Gasteiger partial charge in [0.05, 0.1) is 0 Å². The van der Waals surface area contributed by atoms with Crippen LogP contribution in [0.5, 0.6) is 0 Å². The van der Waals surface area contributed by atoms with Crippen LogP contribution in [0.15, 0.2) is 0 Å². The largest absolute Gasteiger partial charge is 0.320 e. The molecule has 0 saturated heterocycles. The van der Waals surface area contributed by atoms with Crippen molar-refractivity contribution in [1.29, 1.82) is 0 Å². The van der Waals surface area contributed by atoms with Gasteiger partial charge >= 0.3 is 0 Å². The maximum atomic E-state index is 2.93. The first-order valence-electron chi connectivity index (χ1n) is 6.24. The van der Waals surface area contributed by atoms with Gasteiger partial charge < -0.3 is 21.3 Å². The average Bonchev–Trinajstić information content (AvgIpc) is 2.39. The Labute approximate surface area is 129 Å². The van der Waals surface area contributed by atoms with Crippen LogP contribution in [-0.4, -0.2) is 54.4 Å². The van der Waals surface area contributed by atoms with Crippen LogP contribution >= 0.6 is 0 Å². The first-order chi connectivity index (χ1) is 7.66. The maximum absolute atomic E-state index is 2.93. The van der Waals surface area contributed by atoms with Crippen LogP contribution in [0.25, 0.3) is 0 Å². The molecule has 108 valence electrons. The van der Waals surface area contributed by atoms with Gasteiger partial charge in [0.15, 0.2) is 0 Å². The van der Waals surface area contributed by atoms with E-state index in [2.05, 4.69) is 49.0 Å². The van der Waals surface area contributed by atoms with Gasteiger partial charge in [-0.2, -0.15) is 0 Å². The van der Waals surface area contributed by atoms with E-state index < -0.39 is 0 Å². The Morgan fingerprint density at radius 1 is 0.471 bits per heavy atom. The van der Waals surface area contributed by atoms with Crippen LogP contribution in [0.4, 0.5) is 0 Å². The number of nitrogens with one attached hydrogen (secondary N) is 4. The summed E-state index contributed by atoms with van der Waals surface area (Å²) in [6, 6.07) is 0. The molecule has 0 aliphatic carbocycles. The van der Waals surface area contributed by atoms with Crippen LogP contribution in [0.2, 0.25) is 0 Å². The molecule has 0 radical (unpaired) electrons. The predicted octanol–water partition coefficient (Wildman–Crippen LogP) is 0.900. The molecule has 0 fully saturated rings. The van der Waals surface area contributed by atoms with Crippen LogP contribution in [0.1, 0.15) is 27.7 Å². The summed E-state index contributed by atoms with van der Waals surface area (Å²) < 4.78 is 0. The molecule has 0 aromatic rings. The molecule has 4 N–H and O–H groups in total. The molecule has 0 aliphatic rings. The minimum Gasteiger partial charge on any atom is -0.320 e. The molecule has 0 amide bonds. The summed E-state index contributed by atoms with van der Waals surface area (Å²) in [5, 5.41) is 11.7. The van der Waals surface area contributed by atoms with Crippen molar-refractivity contribution < 1.29 is 26.2 Å². The van der Waals surface area contributed by atoms with Gasteiger partial charge in [-0.3, -0.25) is 0 Å². The van der Waals surface area contributed by atoms with Crippen molar-refractivity contribution in [2.24, 2.45) is 0 Å². The fourth-order valence-electron chi connectivity index (χ4n) is 0. The molecule has 0 aliphatic heterocycles. The van der Waals surface area contributed by atoms with Crippen molar-refractivity contribution in [2.45, 2.75) is 27.7 Å². The monoisotopic (exact) mass is 326 g/mol. The average molecular weight is 328 g/mol. The van der Waals surface area contributed by atoms with E-state index >= 15 is 0 Å². The summed E-state index contributed by atoms with van der Waals surface area (Å²) in [6.07, 6.45) is 0. The first-order valence-corrected chi connectivity index (χ1v) is 6.24. The summed E-state index contributed by atoms with van der Waals surface area (Å²) in [4.78, 5) is 0. The number of rotatable bonds is 4. The molecule has 17 heavy (non-hydrogen) atoms. The van der Waals surface area contributed by atoms with E-state index in [1.54, 1.807) is 0 Å². The SMILES string of the molecule is CCNC.CCNC.CCNC.CCNC.[Zr]. The summed E-state index contributed by atoms with van der Waals surface area (Å²) in [5.41, 5.74) is 0. The Hall–Kier alpha value is 0.723. The van der Waals surface area contributed by atoms with Gasteiger partial charge in [-0.1, -0.05) is 27.7 Å². The van der Waals surface area contributed by atoms with Crippen molar-refractivity contribution >= 4 is 0 Å². The Kier molecular flexibility index (Phi) is 97.9. The van der Waals surface area contributed by atoms with Crippen molar-refractivity contribution in [2.75, 3.05) is 54.4 Å². The van der Waals surface area contributed by atoms with Crippen LogP contribution in [0.3, 0.4) is 0 Å². The molecule has 0 bridgehead atoms. The zero-order chi connectivity index (χ0) is 13.7. The molecule has 0 heterocycles. The molecule has 0 spiro atoms. The topological polar surface area (TPSA) is 48.1 Å². The second-order valence-corrected chi connectivity index (χ2v) is 2.83. The minimum atomic E-state index is 0. The predicted molar refractivity (Wildman–Crippen MR) is 78.4 cm³/mol. The van der Waals surface area contributed by atoms with Crippen LogP contribution in [-0.2, 0) is 26.2 Å². The number of hydrogen-bond acceptors (Lipinski definition) is 4. The van der Waals surface area contributed by atoms with E-state index in [9.17, 15) is 0 Å². The molecular weight excluding hydrogens is 291 g/mol. The van der Waals surface area contributed by atoms with Crippen LogP contribution in [0, 0.1) is 0 Å². The normalized spacial score (nSPS) is 7.06. The van der Waals surface area contributed by atoms with E-state index in [1.807, 2.05) is 28.2 Å². The standard InChI is InChI=1S/4C3H9N.Zr/c4*1-3-4-2;/h4*4H,3H2,1-2H3;. The second-order valence-electron chi connectivity index (χ2n) is 2.83. The van der Waals surface area contributed by atoms with Gasteiger partial charge in [0.1, 0.15) is 0 Å². The molecule has 5 heteroatoms. The van der Waals surface area contributed by atoms with Gasteiger partial charge in [0.2, 0.25) is 0 Å². The third kappa shape index (κ3) is 163. The van der Waals surface area contributed by atoms with Crippen LogP contribution < -0.4 is 21.3 Å². The first kappa shape index (κ1) is 30.6. The Morgan fingerprint density at radius 3 is 0.529 bits per heavy atom. The van der Waals surface area contributed by atoms with Gasteiger partial charge in [0, 0.05) is 26.2 Å². The van der Waals surface area contributed by atoms with Crippen molar-refractivity contribution in [3.8, 4) is 0 Å². The zero-order valence-electron chi connectivity index (χ0n) is 13.3. The van der Waals surface area contributed by atoms with E-state index in [-0.39, 0.29) is 26.2 Å². The fourth-order valence-corrected chi connectivity index (χ4v) is 0. The molecule has 0 aromatic heterocycles. The Morgan fingerprint density at radius 2 is 0.529 bits per heavy atom. The van der Waals surface area contributed by atoms with Gasteiger partial charge in [-0.05, 0) is 54.4 Å². The third-order valence-electron chi connectivity index (χ3n) is 1.41. The van der Waals surface area contributed by atoms with Gasteiger partial charge in [-0.15, -0.1) is 0 Å². The molecular formula is C12H36N4Zr. The molecule has 4 nitrogen and oxygen atoms in total.